The van der Waals surface area contributed by atoms with Gasteiger partial charge >= 0.3 is 5.69 Å². The molecule has 2 N–H and O–H groups in total. The molecule has 4 heteroatoms. The van der Waals surface area contributed by atoms with Gasteiger partial charge in [0.25, 0.3) is 0 Å². The van der Waals surface area contributed by atoms with Crippen LogP contribution in [-0.4, -0.2) is 16.5 Å². The molecule has 1 aromatic rings. The van der Waals surface area contributed by atoms with Crippen molar-refractivity contribution in [3.05, 3.63) is 22.7 Å². The van der Waals surface area contributed by atoms with Gasteiger partial charge in [0.15, 0.2) is 0 Å². The summed E-state index contributed by atoms with van der Waals surface area (Å²) in [5.41, 5.74) is -0.296. The van der Waals surface area contributed by atoms with E-state index in [9.17, 15) is 4.79 Å². The Hall–Kier alpha value is -1.32. The first kappa shape index (κ1) is 7.34. The van der Waals surface area contributed by atoms with Gasteiger partial charge in [-0.25, -0.2) is 9.78 Å². The minimum atomic E-state index is -0.296. The first-order valence-corrected chi connectivity index (χ1v) is 4.14. The molecule has 1 aromatic heterocycles. The fourth-order valence-electron chi connectivity index (χ4n) is 1.05. The molecule has 1 heterocycles. The number of rotatable bonds is 3. The highest BCUT2D eigenvalue weighted by molar-refractivity contribution is 5.31. The van der Waals surface area contributed by atoms with Crippen molar-refractivity contribution in [3.8, 4) is 0 Å². The highest BCUT2D eigenvalue weighted by Crippen LogP contribution is 2.28. The first-order chi connectivity index (χ1) is 5.84. The highest BCUT2D eigenvalue weighted by atomic mass is 16.1. The minimum absolute atomic E-state index is 0.296. The third-order valence-electron chi connectivity index (χ3n) is 1.95. The number of hydrogen-bond acceptors (Lipinski definition) is 3. The van der Waals surface area contributed by atoms with Crippen LogP contribution in [0.4, 0.5) is 5.82 Å². The van der Waals surface area contributed by atoms with E-state index in [2.05, 4.69) is 15.3 Å². The second kappa shape index (κ2) is 2.97. The summed E-state index contributed by atoms with van der Waals surface area (Å²) in [7, 11) is 0. The number of anilines is 1. The fraction of sp³-hybridized carbons (Fsp3) is 0.500. The molecule has 0 radical (unpaired) electrons. The van der Waals surface area contributed by atoms with Crippen molar-refractivity contribution in [3.63, 3.8) is 0 Å². The zero-order valence-corrected chi connectivity index (χ0v) is 6.71. The van der Waals surface area contributed by atoms with Crippen molar-refractivity contribution in [2.75, 3.05) is 11.9 Å². The molecular weight excluding hydrogens is 154 g/mol. The summed E-state index contributed by atoms with van der Waals surface area (Å²) >= 11 is 0. The molecule has 1 aliphatic rings. The summed E-state index contributed by atoms with van der Waals surface area (Å²) in [6.45, 7) is 0.958. The molecule has 2 rings (SSSR count). The van der Waals surface area contributed by atoms with E-state index in [1.165, 1.54) is 19.0 Å². The van der Waals surface area contributed by atoms with Crippen molar-refractivity contribution in [2.24, 2.45) is 5.92 Å². The Bertz CT molecular complexity index is 316. The van der Waals surface area contributed by atoms with Crippen LogP contribution in [0.2, 0.25) is 0 Å². The monoisotopic (exact) mass is 165 g/mol. The van der Waals surface area contributed by atoms with Gasteiger partial charge in [0.2, 0.25) is 0 Å². The second-order valence-corrected chi connectivity index (χ2v) is 3.11. The maximum absolute atomic E-state index is 10.7. The molecule has 0 unspecified atom stereocenters. The molecule has 0 atom stereocenters. The Kier molecular flexibility index (Phi) is 1.81. The zero-order chi connectivity index (χ0) is 8.39. The van der Waals surface area contributed by atoms with E-state index in [0.717, 1.165) is 18.3 Å². The number of hydrogen-bond donors (Lipinski definition) is 2. The molecule has 12 heavy (non-hydrogen) atoms. The summed E-state index contributed by atoms with van der Waals surface area (Å²) < 4.78 is 0. The molecule has 0 amide bonds. The van der Waals surface area contributed by atoms with Crippen molar-refractivity contribution in [2.45, 2.75) is 12.8 Å². The van der Waals surface area contributed by atoms with Crippen LogP contribution in [0, 0.1) is 5.92 Å². The Labute approximate surface area is 70.0 Å². The second-order valence-electron chi connectivity index (χ2n) is 3.11. The lowest BCUT2D eigenvalue weighted by molar-refractivity contribution is 0.878. The van der Waals surface area contributed by atoms with Gasteiger partial charge in [-0.1, -0.05) is 0 Å². The smallest absolute Gasteiger partial charge is 0.346 e. The van der Waals surface area contributed by atoms with E-state index < -0.39 is 0 Å². The minimum Gasteiger partial charge on any atom is -0.371 e. The van der Waals surface area contributed by atoms with E-state index >= 15 is 0 Å². The van der Waals surface area contributed by atoms with Crippen LogP contribution in [0.25, 0.3) is 0 Å². The van der Waals surface area contributed by atoms with Gasteiger partial charge in [-0.3, -0.25) is 4.98 Å². The van der Waals surface area contributed by atoms with Gasteiger partial charge in [-0.15, -0.1) is 0 Å². The molecule has 0 bridgehead atoms. The standard InChI is InChI=1S/C8H11N3O/c12-8-9-4-3-7(11-8)10-5-6-1-2-6/h3-4,6H,1-2,5H2,(H2,9,10,11,12). The van der Waals surface area contributed by atoms with Crippen LogP contribution in [0.1, 0.15) is 12.8 Å². The van der Waals surface area contributed by atoms with Crippen LogP contribution in [-0.2, 0) is 0 Å². The Morgan fingerprint density at radius 3 is 3.17 bits per heavy atom. The average molecular weight is 165 g/mol. The Morgan fingerprint density at radius 1 is 1.67 bits per heavy atom. The van der Waals surface area contributed by atoms with Gasteiger partial charge in [0, 0.05) is 12.7 Å². The summed E-state index contributed by atoms with van der Waals surface area (Å²) in [5, 5.41) is 3.15. The summed E-state index contributed by atoms with van der Waals surface area (Å²) in [5.74, 6) is 1.57. The van der Waals surface area contributed by atoms with E-state index in [1.807, 2.05) is 0 Å². The lowest BCUT2D eigenvalue weighted by atomic mass is 10.4. The fourth-order valence-corrected chi connectivity index (χ4v) is 1.05. The quantitative estimate of drug-likeness (QED) is 0.689. The van der Waals surface area contributed by atoms with Crippen LogP contribution in [0.5, 0.6) is 0 Å². The molecule has 0 spiro atoms. The Balaban J connectivity index is 1.97. The molecule has 1 aliphatic carbocycles. The Morgan fingerprint density at radius 2 is 2.50 bits per heavy atom. The number of aromatic amines is 1. The normalized spacial score (nSPS) is 16.0. The SMILES string of the molecule is O=c1nccc(NCC2CC2)[nH]1. The van der Waals surface area contributed by atoms with Crippen molar-refractivity contribution in [1.82, 2.24) is 9.97 Å². The summed E-state index contributed by atoms with van der Waals surface area (Å²) in [4.78, 5) is 16.9. The molecule has 1 fully saturated rings. The third kappa shape index (κ3) is 1.84. The number of nitrogens with one attached hydrogen (secondary N) is 2. The molecule has 64 valence electrons. The largest absolute Gasteiger partial charge is 0.371 e. The predicted octanol–water partition coefficient (Wildman–Crippen LogP) is 0.592. The lowest BCUT2D eigenvalue weighted by Gasteiger charge is -2.02. The molecule has 0 aromatic carbocycles. The molecular formula is C8H11N3O. The van der Waals surface area contributed by atoms with Crippen molar-refractivity contribution in [1.29, 1.82) is 0 Å². The highest BCUT2D eigenvalue weighted by Gasteiger charge is 2.20. The molecule has 1 saturated carbocycles. The number of nitrogens with zero attached hydrogens (tertiary/aromatic N) is 1. The maximum Gasteiger partial charge on any atom is 0.346 e. The zero-order valence-electron chi connectivity index (χ0n) is 6.71. The van der Waals surface area contributed by atoms with Crippen molar-refractivity contribution >= 4 is 5.82 Å². The van der Waals surface area contributed by atoms with E-state index in [0.29, 0.717) is 0 Å². The lowest BCUT2D eigenvalue weighted by Crippen LogP contribution is -2.13. The van der Waals surface area contributed by atoms with Gasteiger partial charge in [-0.2, -0.15) is 0 Å². The topological polar surface area (TPSA) is 57.8 Å². The molecule has 4 nitrogen and oxygen atoms in total. The van der Waals surface area contributed by atoms with E-state index in [1.54, 1.807) is 6.07 Å². The third-order valence-corrected chi connectivity index (χ3v) is 1.95. The maximum atomic E-state index is 10.7. The van der Waals surface area contributed by atoms with Crippen LogP contribution >= 0.6 is 0 Å². The van der Waals surface area contributed by atoms with Gasteiger partial charge in [-0.05, 0) is 24.8 Å². The van der Waals surface area contributed by atoms with Crippen LogP contribution < -0.4 is 11.0 Å². The van der Waals surface area contributed by atoms with Gasteiger partial charge in [0.1, 0.15) is 5.82 Å². The van der Waals surface area contributed by atoms with Crippen molar-refractivity contribution < 1.29 is 0 Å². The predicted molar refractivity (Wildman–Crippen MR) is 46.1 cm³/mol. The first-order valence-electron chi connectivity index (χ1n) is 4.14. The van der Waals surface area contributed by atoms with Gasteiger partial charge in [0.05, 0.1) is 0 Å². The summed E-state index contributed by atoms with van der Waals surface area (Å²) in [6.07, 6.45) is 4.12. The van der Waals surface area contributed by atoms with Gasteiger partial charge < -0.3 is 5.32 Å². The van der Waals surface area contributed by atoms with Crippen LogP contribution in [0.3, 0.4) is 0 Å². The number of aromatic nitrogens is 2. The van der Waals surface area contributed by atoms with Crippen LogP contribution in [0.15, 0.2) is 17.1 Å². The summed E-state index contributed by atoms with van der Waals surface area (Å²) in [6, 6.07) is 1.77. The molecule has 0 aliphatic heterocycles. The average Bonchev–Trinajstić information content (AvgIpc) is 2.84. The number of H-pyrrole nitrogens is 1. The van der Waals surface area contributed by atoms with E-state index in [4.69, 9.17) is 0 Å². The van der Waals surface area contributed by atoms with E-state index in [-0.39, 0.29) is 5.69 Å². The molecule has 0 saturated heterocycles.